The molecule has 39 heavy (non-hydrogen) atoms. The number of aromatic nitrogens is 1. The number of pyridine rings is 1. The van der Waals surface area contributed by atoms with Crippen molar-refractivity contribution in [2.75, 3.05) is 32.7 Å². The Morgan fingerprint density at radius 2 is 1.79 bits per heavy atom. The number of hydrogen-bond acceptors (Lipinski definition) is 7. The molecule has 0 spiro atoms. The second-order valence-electron chi connectivity index (χ2n) is 9.59. The Hall–Kier alpha value is -2.83. The number of rotatable bonds is 9. The van der Waals surface area contributed by atoms with Crippen LogP contribution in [-0.4, -0.2) is 79.8 Å². The van der Waals surface area contributed by atoms with Crippen LogP contribution >= 0.6 is 22.9 Å². The second kappa shape index (κ2) is 12.6. The van der Waals surface area contributed by atoms with Gasteiger partial charge in [-0.3, -0.25) is 19.5 Å². The van der Waals surface area contributed by atoms with Crippen LogP contribution in [0, 0.1) is 6.92 Å². The normalized spacial score (nSPS) is 15.4. The predicted octanol–water partition coefficient (Wildman–Crippen LogP) is 3.40. The van der Waals surface area contributed by atoms with Crippen molar-refractivity contribution in [2.24, 2.45) is 0 Å². The van der Waals surface area contributed by atoms with Gasteiger partial charge >= 0.3 is 0 Å². The minimum absolute atomic E-state index is 0.0458. The molecule has 1 aromatic carbocycles. The fourth-order valence-electron chi connectivity index (χ4n) is 4.53. The van der Waals surface area contributed by atoms with Crippen LogP contribution in [0.25, 0.3) is 11.3 Å². The highest BCUT2D eigenvalue weighted by Crippen LogP contribution is 2.27. The molecule has 2 N–H and O–H groups in total. The first kappa shape index (κ1) is 29.2. The highest BCUT2D eigenvalue weighted by Gasteiger charge is 2.33. The molecule has 0 radical (unpaired) electrons. The molecule has 9 nitrogen and oxygen atoms in total. The molecule has 1 saturated heterocycles. The van der Waals surface area contributed by atoms with Gasteiger partial charge in [0.15, 0.2) is 0 Å². The van der Waals surface area contributed by atoms with Crippen molar-refractivity contribution in [2.45, 2.75) is 37.8 Å². The fraction of sp³-hybridized carbons (Fsp3) is 0.370. The number of thiophene rings is 1. The standard InChI is InChI=1S/C27H32ClN5O4S2/c1-18(2)32-13-15-33(16-14-32)27(35)22(17-30-26(34)23-10-11-25(28)38-23)31-39(36,37)24-9-6-7-20(19(24)3)21-8-4-5-12-29-21/h4-12,18,22,31H,13-17H2,1-3H3,(H,30,34). The molecule has 0 bridgehead atoms. The number of halogens is 1. The summed E-state index contributed by atoms with van der Waals surface area (Å²) in [5.41, 5.74) is 1.83. The average molecular weight is 590 g/mol. The summed E-state index contributed by atoms with van der Waals surface area (Å²) in [5.74, 6) is -0.813. The van der Waals surface area contributed by atoms with Crippen molar-refractivity contribution in [1.82, 2.24) is 24.8 Å². The SMILES string of the molecule is Cc1c(-c2ccccn2)cccc1S(=O)(=O)NC(CNC(=O)c1ccc(Cl)s1)C(=O)N1CCN(C(C)C)CC1. The Balaban J connectivity index is 1.58. The molecule has 2 amide bonds. The number of carbonyl (C=O) groups is 2. The molecule has 1 aliphatic heterocycles. The van der Waals surface area contributed by atoms with E-state index in [0.717, 1.165) is 11.3 Å². The summed E-state index contributed by atoms with van der Waals surface area (Å²) in [6.07, 6.45) is 1.64. The zero-order valence-electron chi connectivity index (χ0n) is 22.1. The molecule has 3 aromatic rings. The Bertz CT molecular complexity index is 1420. The van der Waals surface area contributed by atoms with E-state index in [1.807, 2.05) is 12.1 Å². The molecule has 0 saturated carbocycles. The van der Waals surface area contributed by atoms with Gasteiger partial charge in [0.05, 0.1) is 19.8 Å². The first-order valence-corrected chi connectivity index (χ1v) is 15.3. The molecule has 2 aromatic heterocycles. The number of nitrogens with zero attached hydrogens (tertiary/aromatic N) is 3. The van der Waals surface area contributed by atoms with Crippen LogP contribution in [0.4, 0.5) is 0 Å². The summed E-state index contributed by atoms with van der Waals surface area (Å²) in [7, 11) is -4.14. The van der Waals surface area contributed by atoms with Gasteiger partial charge in [-0.05, 0) is 56.7 Å². The van der Waals surface area contributed by atoms with E-state index in [1.165, 1.54) is 6.07 Å². The molecule has 1 fully saturated rings. The average Bonchev–Trinajstić information content (AvgIpc) is 3.37. The highest BCUT2D eigenvalue weighted by atomic mass is 35.5. The second-order valence-corrected chi connectivity index (χ2v) is 13.0. The summed E-state index contributed by atoms with van der Waals surface area (Å²) >= 11 is 7.06. The lowest BCUT2D eigenvalue weighted by Crippen LogP contribution is -2.58. The summed E-state index contributed by atoms with van der Waals surface area (Å²) in [6, 6.07) is 12.7. The van der Waals surface area contributed by atoms with Crippen molar-refractivity contribution < 1.29 is 18.0 Å². The lowest BCUT2D eigenvalue weighted by molar-refractivity contribution is -0.134. The van der Waals surface area contributed by atoms with Crippen LogP contribution in [0.2, 0.25) is 4.34 Å². The summed E-state index contributed by atoms with van der Waals surface area (Å²) in [6.45, 7) is 8.02. The van der Waals surface area contributed by atoms with Gasteiger partial charge in [0.25, 0.3) is 5.91 Å². The van der Waals surface area contributed by atoms with Crippen LogP contribution in [0.15, 0.2) is 59.6 Å². The van der Waals surface area contributed by atoms with Gasteiger partial charge in [-0.15, -0.1) is 11.3 Å². The third kappa shape index (κ3) is 7.03. The molecule has 0 aliphatic carbocycles. The van der Waals surface area contributed by atoms with E-state index in [0.29, 0.717) is 58.3 Å². The van der Waals surface area contributed by atoms with E-state index in [9.17, 15) is 18.0 Å². The summed E-state index contributed by atoms with van der Waals surface area (Å²) in [4.78, 5) is 35.0. The zero-order valence-corrected chi connectivity index (χ0v) is 24.4. The molecular formula is C27H32ClN5O4S2. The Morgan fingerprint density at radius 1 is 1.05 bits per heavy atom. The van der Waals surface area contributed by atoms with Gasteiger partial charge in [-0.1, -0.05) is 29.8 Å². The molecule has 12 heteroatoms. The number of hydrogen-bond donors (Lipinski definition) is 2. The molecule has 3 heterocycles. The van der Waals surface area contributed by atoms with E-state index in [1.54, 1.807) is 48.4 Å². The highest BCUT2D eigenvalue weighted by molar-refractivity contribution is 7.89. The number of piperazine rings is 1. The van der Waals surface area contributed by atoms with Gasteiger partial charge in [0.1, 0.15) is 6.04 Å². The lowest BCUT2D eigenvalue weighted by atomic mass is 10.1. The quantitative estimate of drug-likeness (QED) is 0.396. The largest absolute Gasteiger partial charge is 0.349 e. The number of carbonyl (C=O) groups excluding carboxylic acids is 2. The van der Waals surface area contributed by atoms with Gasteiger partial charge < -0.3 is 10.2 Å². The van der Waals surface area contributed by atoms with E-state index in [-0.39, 0.29) is 17.3 Å². The Morgan fingerprint density at radius 3 is 2.41 bits per heavy atom. The van der Waals surface area contributed by atoms with Crippen molar-refractivity contribution in [3.8, 4) is 11.3 Å². The summed E-state index contributed by atoms with van der Waals surface area (Å²) < 4.78 is 30.3. The van der Waals surface area contributed by atoms with Crippen molar-refractivity contribution in [3.05, 3.63) is 69.5 Å². The maximum atomic E-state index is 13.7. The van der Waals surface area contributed by atoms with E-state index >= 15 is 0 Å². The fourth-order valence-corrected chi connectivity index (χ4v) is 6.95. The monoisotopic (exact) mass is 589 g/mol. The van der Waals surface area contributed by atoms with Crippen LogP contribution in [0.3, 0.4) is 0 Å². The molecule has 1 unspecified atom stereocenters. The first-order chi connectivity index (χ1) is 18.6. The van der Waals surface area contributed by atoms with Crippen molar-refractivity contribution >= 4 is 44.8 Å². The van der Waals surface area contributed by atoms with Crippen LogP contribution in [0.5, 0.6) is 0 Å². The molecule has 1 aliphatic rings. The van der Waals surface area contributed by atoms with Crippen LogP contribution < -0.4 is 10.0 Å². The zero-order chi connectivity index (χ0) is 28.2. The molecular weight excluding hydrogens is 558 g/mol. The molecule has 4 rings (SSSR count). The Kier molecular flexibility index (Phi) is 9.39. The van der Waals surface area contributed by atoms with Gasteiger partial charge in [0.2, 0.25) is 15.9 Å². The third-order valence-electron chi connectivity index (χ3n) is 6.73. The number of nitrogens with one attached hydrogen (secondary N) is 2. The Labute approximate surface area is 238 Å². The lowest BCUT2D eigenvalue weighted by Gasteiger charge is -2.38. The predicted molar refractivity (Wildman–Crippen MR) is 153 cm³/mol. The van der Waals surface area contributed by atoms with Gasteiger partial charge in [-0.25, -0.2) is 8.42 Å². The topological polar surface area (TPSA) is 112 Å². The van der Waals surface area contributed by atoms with E-state index in [2.05, 4.69) is 33.8 Å². The smallest absolute Gasteiger partial charge is 0.261 e. The number of amides is 2. The van der Waals surface area contributed by atoms with Crippen LogP contribution in [-0.2, 0) is 14.8 Å². The summed E-state index contributed by atoms with van der Waals surface area (Å²) in [5, 5.41) is 2.70. The molecule has 1 atom stereocenters. The minimum Gasteiger partial charge on any atom is -0.349 e. The number of sulfonamides is 1. The van der Waals surface area contributed by atoms with E-state index in [4.69, 9.17) is 11.6 Å². The maximum Gasteiger partial charge on any atom is 0.261 e. The molecule has 208 valence electrons. The van der Waals surface area contributed by atoms with E-state index < -0.39 is 22.0 Å². The van der Waals surface area contributed by atoms with Gasteiger partial charge in [-0.2, -0.15) is 4.72 Å². The number of benzene rings is 1. The third-order valence-corrected chi connectivity index (χ3v) is 9.58. The minimum atomic E-state index is -4.14. The van der Waals surface area contributed by atoms with Crippen molar-refractivity contribution in [3.63, 3.8) is 0 Å². The maximum absolute atomic E-state index is 13.7. The van der Waals surface area contributed by atoms with Gasteiger partial charge in [0, 0.05) is 50.5 Å². The first-order valence-electron chi connectivity index (χ1n) is 12.7. The van der Waals surface area contributed by atoms with Crippen LogP contribution in [0.1, 0.15) is 29.1 Å². The van der Waals surface area contributed by atoms with Crippen molar-refractivity contribution in [1.29, 1.82) is 0 Å².